The molecule has 0 N–H and O–H groups in total. The minimum absolute atomic E-state index is 0.458. The second kappa shape index (κ2) is 5.47. The van der Waals surface area contributed by atoms with Crippen LogP contribution in [0.3, 0.4) is 0 Å². The lowest BCUT2D eigenvalue weighted by Gasteiger charge is -1.99. The molecule has 0 fully saturated rings. The molecule has 2 heterocycles. The summed E-state index contributed by atoms with van der Waals surface area (Å²) >= 11 is 0. The molecule has 2 aromatic heterocycles. The van der Waals surface area contributed by atoms with Crippen LogP contribution in [0.1, 0.15) is 5.56 Å². The van der Waals surface area contributed by atoms with Crippen LogP contribution >= 0.6 is 0 Å². The largest absolute Gasteiger partial charge is 0.495 e. The van der Waals surface area contributed by atoms with Crippen LogP contribution in [0.2, 0.25) is 0 Å². The topological polar surface area (TPSA) is 71.9 Å². The Kier molecular flexibility index (Phi) is 3.36. The molecular formula is C16H11N3O2. The average molecular weight is 277 g/mol. The molecule has 5 heteroatoms. The summed E-state index contributed by atoms with van der Waals surface area (Å²) in [5.41, 5.74) is 2.65. The Morgan fingerprint density at radius 1 is 1.19 bits per heavy atom. The lowest BCUT2D eigenvalue weighted by atomic mass is 10.1. The molecule has 0 bridgehead atoms. The van der Waals surface area contributed by atoms with Crippen LogP contribution in [0, 0.1) is 11.3 Å². The Morgan fingerprint density at radius 2 is 2.10 bits per heavy atom. The first-order valence-electron chi connectivity index (χ1n) is 6.26. The zero-order valence-corrected chi connectivity index (χ0v) is 11.3. The maximum Gasteiger partial charge on any atom is 0.226 e. The predicted molar refractivity (Wildman–Crippen MR) is 76.4 cm³/mol. The molecule has 0 saturated heterocycles. The van der Waals surface area contributed by atoms with E-state index in [0.717, 1.165) is 5.56 Å². The maximum absolute atomic E-state index is 8.92. The fraction of sp³-hybridized carbons (Fsp3) is 0.0625. The van der Waals surface area contributed by atoms with Gasteiger partial charge >= 0.3 is 0 Å². The normalized spacial score (nSPS) is 10.1. The SMILES string of the molecule is COc1ccc(-c2coc(-c3cccc(C#N)c3)n2)nc1. The van der Waals surface area contributed by atoms with Gasteiger partial charge in [0.1, 0.15) is 17.7 Å². The van der Waals surface area contributed by atoms with Crippen molar-refractivity contribution in [3.05, 3.63) is 54.4 Å². The van der Waals surface area contributed by atoms with Crippen molar-refractivity contribution in [3.8, 4) is 34.7 Å². The van der Waals surface area contributed by atoms with E-state index in [0.29, 0.717) is 28.6 Å². The lowest BCUT2D eigenvalue weighted by molar-refractivity contribution is 0.413. The number of rotatable bonds is 3. The van der Waals surface area contributed by atoms with Crippen molar-refractivity contribution in [2.45, 2.75) is 0 Å². The summed E-state index contributed by atoms with van der Waals surface area (Å²) in [6.07, 6.45) is 3.17. The van der Waals surface area contributed by atoms with Gasteiger partial charge < -0.3 is 9.15 Å². The summed E-state index contributed by atoms with van der Waals surface area (Å²) < 4.78 is 10.5. The van der Waals surface area contributed by atoms with E-state index in [9.17, 15) is 0 Å². The van der Waals surface area contributed by atoms with Crippen LogP contribution in [0.4, 0.5) is 0 Å². The summed E-state index contributed by atoms with van der Waals surface area (Å²) in [6, 6.07) is 12.8. The number of nitriles is 1. The van der Waals surface area contributed by atoms with Gasteiger partial charge in [-0.15, -0.1) is 0 Å². The summed E-state index contributed by atoms with van der Waals surface area (Å²) in [5, 5.41) is 8.92. The molecule has 3 rings (SSSR count). The first-order chi connectivity index (χ1) is 10.3. The molecule has 0 aliphatic rings. The quantitative estimate of drug-likeness (QED) is 0.734. The van der Waals surface area contributed by atoms with Crippen LogP contribution in [0.25, 0.3) is 22.8 Å². The van der Waals surface area contributed by atoms with E-state index in [1.165, 1.54) is 0 Å². The summed E-state index contributed by atoms with van der Waals surface area (Å²) in [7, 11) is 1.59. The lowest BCUT2D eigenvalue weighted by Crippen LogP contribution is -1.87. The van der Waals surface area contributed by atoms with E-state index in [1.54, 1.807) is 37.8 Å². The van der Waals surface area contributed by atoms with Crippen LogP contribution in [-0.4, -0.2) is 17.1 Å². The monoisotopic (exact) mass is 277 g/mol. The molecule has 0 atom stereocenters. The molecule has 1 aromatic carbocycles. The van der Waals surface area contributed by atoms with E-state index >= 15 is 0 Å². The van der Waals surface area contributed by atoms with Gasteiger partial charge in [0.25, 0.3) is 0 Å². The van der Waals surface area contributed by atoms with Crippen molar-refractivity contribution in [1.82, 2.24) is 9.97 Å². The molecule has 5 nitrogen and oxygen atoms in total. The minimum Gasteiger partial charge on any atom is -0.495 e. The molecule has 0 unspecified atom stereocenters. The van der Waals surface area contributed by atoms with Crippen LogP contribution in [0.5, 0.6) is 5.75 Å². The predicted octanol–water partition coefficient (Wildman–Crippen LogP) is 3.28. The number of benzene rings is 1. The van der Waals surface area contributed by atoms with Crippen molar-refractivity contribution >= 4 is 0 Å². The number of hydrogen-bond acceptors (Lipinski definition) is 5. The van der Waals surface area contributed by atoms with Gasteiger partial charge in [0.05, 0.1) is 30.6 Å². The minimum atomic E-state index is 0.458. The van der Waals surface area contributed by atoms with Gasteiger partial charge in [-0.1, -0.05) is 6.07 Å². The number of ether oxygens (including phenoxy) is 1. The second-order valence-electron chi connectivity index (χ2n) is 4.31. The van der Waals surface area contributed by atoms with Crippen molar-refractivity contribution in [3.63, 3.8) is 0 Å². The zero-order valence-electron chi connectivity index (χ0n) is 11.3. The van der Waals surface area contributed by atoms with E-state index in [2.05, 4.69) is 16.0 Å². The summed E-state index contributed by atoms with van der Waals surface area (Å²) in [4.78, 5) is 8.66. The van der Waals surface area contributed by atoms with E-state index in [4.69, 9.17) is 14.4 Å². The number of nitrogens with zero attached hydrogens (tertiary/aromatic N) is 3. The van der Waals surface area contributed by atoms with Crippen LogP contribution < -0.4 is 4.74 Å². The Balaban J connectivity index is 1.93. The number of pyridine rings is 1. The molecular weight excluding hydrogens is 266 g/mol. The van der Waals surface area contributed by atoms with Gasteiger partial charge in [0, 0.05) is 5.56 Å². The van der Waals surface area contributed by atoms with Gasteiger partial charge in [-0.3, -0.25) is 4.98 Å². The second-order valence-corrected chi connectivity index (χ2v) is 4.31. The number of aromatic nitrogens is 2. The number of oxazole rings is 1. The molecule has 0 radical (unpaired) electrons. The van der Waals surface area contributed by atoms with Gasteiger partial charge in [-0.05, 0) is 30.3 Å². The molecule has 0 saturated carbocycles. The van der Waals surface area contributed by atoms with E-state index in [-0.39, 0.29) is 0 Å². The smallest absolute Gasteiger partial charge is 0.226 e. The highest BCUT2D eigenvalue weighted by Gasteiger charge is 2.10. The van der Waals surface area contributed by atoms with E-state index < -0.39 is 0 Å². The Hall–Kier alpha value is -3.13. The summed E-state index contributed by atoms with van der Waals surface area (Å²) in [6.45, 7) is 0. The third-order valence-corrected chi connectivity index (χ3v) is 2.98. The van der Waals surface area contributed by atoms with E-state index in [1.807, 2.05) is 18.2 Å². The number of methoxy groups -OCH3 is 1. The van der Waals surface area contributed by atoms with Crippen molar-refractivity contribution in [2.75, 3.05) is 7.11 Å². The molecule has 0 aliphatic carbocycles. The first-order valence-corrected chi connectivity index (χ1v) is 6.26. The van der Waals surface area contributed by atoms with Crippen molar-refractivity contribution in [1.29, 1.82) is 5.26 Å². The van der Waals surface area contributed by atoms with Crippen molar-refractivity contribution < 1.29 is 9.15 Å². The summed E-state index contributed by atoms with van der Waals surface area (Å²) in [5.74, 6) is 1.14. The Morgan fingerprint density at radius 3 is 2.81 bits per heavy atom. The van der Waals surface area contributed by atoms with Crippen LogP contribution in [-0.2, 0) is 0 Å². The van der Waals surface area contributed by atoms with Gasteiger partial charge in [-0.2, -0.15) is 5.26 Å². The molecule has 3 aromatic rings. The Bertz CT molecular complexity index is 801. The molecule has 0 aliphatic heterocycles. The maximum atomic E-state index is 8.92. The molecule has 102 valence electrons. The van der Waals surface area contributed by atoms with Crippen molar-refractivity contribution in [2.24, 2.45) is 0 Å². The zero-order chi connectivity index (χ0) is 14.7. The standard InChI is InChI=1S/C16H11N3O2/c1-20-13-5-6-14(18-9-13)15-10-21-16(19-15)12-4-2-3-11(7-12)8-17/h2-7,9-10H,1H3. The fourth-order valence-electron chi connectivity index (χ4n) is 1.90. The third-order valence-electron chi connectivity index (χ3n) is 2.98. The van der Waals surface area contributed by atoms with Gasteiger partial charge in [0.2, 0.25) is 5.89 Å². The highest BCUT2D eigenvalue weighted by atomic mass is 16.5. The van der Waals surface area contributed by atoms with Gasteiger partial charge in [-0.25, -0.2) is 4.98 Å². The van der Waals surface area contributed by atoms with Gasteiger partial charge in [0.15, 0.2) is 0 Å². The molecule has 0 amide bonds. The average Bonchev–Trinajstić information content (AvgIpc) is 3.05. The third kappa shape index (κ3) is 2.60. The first kappa shape index (κ1) is 12.9. The number of hydrogen-bond donors (Lipinski definition) is 0. The Labute approximate surface area is 121 Å². The molecule has 0 spiro atoms. The van der Waals surface area contributed by atoms with Crippen LogP contribution in [0.15, 0.2) is 53.3 Å². The molecule has 21 heavy (non-hydrogen) atoms. The highest BCUT2D eigenvalue weighted by molar-refractivity contribution is 5.61. The highest BCUT2D eigenvalue weighted by Crippen LogP contribution is 2.24. The fourth-order valence-corrected chi connectivity index (χ4v) is 1.90.